The number of pyridine rings is 1. The number of nitrogens with one attached hydrogen (secondary N) is 1. The van der Waals surface area contributed by atoms with E-state index in [2.05, 4.69) is 40.7 Å². The largest absolute Gasteiger partial charge is 0.357 e. The van der Waals surface area contributed by atoms with Gasteiger partial charge in [0.05, 0.1) is 6.42 Å². The average Bonchev–Trinajstić information content (AvgIpc) is 3.16. The average molecular weight is 324 g/mol. The number of hydrogen-bond donors (Lipinski definition) is 2. The van der Waals surface area contributed by atoms with E-state index in [1.807, 2.05) is 12.1 Å². The third kappa shape index (κ3) is 4.32. The Bertz CT molecular complexity index is 678. The van der Waals surface area contributed by atoms with Crippen LogP contribution in [0.25, 0.3) is 0 Å². The van der Waals surface area contributed by atoms with Crippen LogP contribution in [0.1, 0.15) is 29.7 Å². The smallest absolute Gasteiger partial charge is 0.238 e. The van der Waals surface area contributed by atoms with Gasteiger partial charge in [-0.25, -0.2) is 10.8 Å². The first-order chi connectivity index (χ1) is 11.7. The fourth-order valence-electron chi connectivity index (χ4n) is 3.06. The van der Waals surface area contributed by atoms with Gasteiger partial charge in [-0.2, -0.15) is 0 Å². The Balaban J connectivity index is 1.57. The molecular formula is C19H24N4O. The van der Waals surface area contributed by atoms with Crippen molar-refractivity contribution >= 4 is 11.7 Å². The second-order valence-electron chi connectivity index (χ2n) is 6.24. The first-order valence-electron chi connectivity index (χ1n) is 8.53. The van der Waals surface area contributed by atoms with E-state index in [0.717, 1.165) is 43.0 Å². The first-order valence-corrected chi connectivity index (χ1v) is 8.53. The van der Waals surface area contributed by atoms with Gasteiger partial charge in [0.2, 0.25) is 5.91 Å². The summed E-state index contributed by atoms with van der Waals surface area (Å²) in [6.45, 7) is 2.24. The number of aryl methyl sites for hydroxylation is 2. The third-order valence-corrected chi connectivity index (χ3v) is 4.44. The fraction of sp³-hybridized carbons (Fsp3) is 0.368. The van der Waals surface area contributed by atoms with Gasteiger partial charge in [0.1, 0.15) is 5.82 Å². The molecule has 2 aromatic rings. The van der Waals surface area contributed by atoms with E-state index < -0.39 is 0 Å². The quantitative estimate of drug-likeness (QED) is 0.484. The van der Waals surface area contributed by atoms with Crippen molar-refractivity contribution in [1.29, 1.82) is 0 Å². The van der Waals surface area contributed by atoms with E-state index in [1.165, 1.54) is 18.4 Å². The minimum atomic E-state index is -0.175. The number of nitrogens with two attached hydrogens (primary N) is 1. The molecule has 3 rings (SSSR count). The van der Waals surface area contributed by atoms with Crippen molar-refractivity contribution in [3.8, 4) is 0 Å². The van der Waals surface area contributed by atoms with Crippen molar-refractivity contribution in [2.75, 3.05) is 18.0 Å². The Labute approximate surface area is 142 Å². The predicted molar refractivity (Wildman–Crippen MR) is 95.6 cm³/mol. The second kappa shape index (κ2) is 7.93. The molecular weight excluding hydrogens is 300 g/mol. The molecule has 0 atom stereocenters. The number of nitrogens with zero attached hydrogens (tertiary/aromatic N) is 2. The van der Waals surface area contributed by atoms with Gasteiger partial charge in [0.25, 0.3) is 0 Å². The molecule has 5 nitrogen and oxygen atoms in total. The molecule has 0 saturated carbocycles. The summed E-state index contributed by atoms with van der Waals surface area (Å²) in [4.78, 5) is 18.4. The summed E-state index contributed by atoms with van der Waals surface area (Å²) in [7, 11) is 0. The van der Waals surface area contributed by atoms with Crippen LogP contribution in [0.3, 0.4) is 0 Å². The molecule has 0 aliphatic carbocycles. The standard InChI is InChI=1S/C19H24N4O/c20-22-19(24)14-16-8-6-15(7-9-16)10-11-17-4-3-5-18(21-17)23-12-1-2-13-23/h3-9H,1-2,10-14,20H2,(H,22,24). The summed E-state index contributed by atoms with van der Waals surface area (Å²) in [5, 5.41) is 0. The van der Waals surface area contributed by atoms with E-state index in [9.17, 15) is 4.79 Å². The molecule has 2 heterocycles. The van der Waals surface area contributed by atoms with Gasteiger partial charge in [-0.05, 0) is 48.9 Å². The predicted octanol–water partition coefficient (Wildman–Crippen LogP) is 2.00. The fourth-order valence-corrected chi connectivity index (χ4v) is 3.06. The number of rotatable bonds is 6. The molecule has 126 valence electrons. The third-order valence-electron chi connectivity index (χ3n) is 4.44. The summed E-state index contributed by atoms with van der Waals surface area (Å²) < 4.78 is 0. The van der Waals surface area contributed by atoms with Crippen LogP contribution in [-0.2, 0) is 24.1 Å². The van der Waals surface area contributed by atoms with Crippen LogP contribution in [-0.4, -0.2) is 24.0 Å². The normalized spacial score (nSPS) is 14.0. The summed E-state index contributed by atoms with van der Waals surface area (Å²) in [6, 6.07) is 14.4. The second-order valence-corrected chi connectivity index (χ2v) is 6.24. The molecule has 0 spiro atoms. The molecule has 1 aromatic carbocycles. The van der Waals surface area contributed by atoms with E-state index in [1.54, 1.807) is 0 Å². The van der Waals surface area contributed by atoms with Gasteiger partial charge in [0, 0.05) is 18.8 Å². The maximum Gasteiger partial charge on any atom is 0.238 e. The Morgan fingerprint density at radius 2 is 1.75 bits per heavy atom. The summed E-state index contributed by atoms with van der Waals surface area (Å²) >= 11 is 0. The minimum Gasteiger partial charge on any atom is -0.357 e. The highest BCUT2D eigenvalue weighted by Crippen LogP contribution is 2.18. The van der Waals surface area contributed by atoms with Crippen LogP contribution in [0.2, 0.25) is 0 Å². The zero-order valence-corrected chi connectivity index (χ0v) is 13.9. The number of hydrazine groups is 1. The lowest BCUT2D eigenvalue weighted by Gasteiger charge is -2.16. The molecule has 1 aromatic heterocycles. The van der Waals surface area contributed by atoms with Gasteiger partial charge in [-0.15, -0.1) is 0 Å². The number of aromatic nitrogens is 1. The maximum absolute atomic E-state index is 11.3. The van der Waals surface area contributed by atoms with E-state index >= 15 is 0 Å². The van der Waals surface area contributed by atoms with Crippen molar-refractivity contribution in [3.05, 3.63) is 59.3 Å². The Morgan fingerprint density at radius 1 is 1.04 bits per heavy atom. The molecule has 0 radical (unpaired) electrons. The van der Waals surface area contributed by atoms with Crippen molar-refractivity contribution < 1.29 is 4.79 Å². The summed E-state index contributed by atoms with van der Waals surface area (Å²) in [5.74, 6) is 6.04. The lowest BCUT2D eigenvalue weighted by atomic mass is 10.0. The van der Waals surface area contributed by atoms with Gasteiger partial charge in [-0.3, -0.25) is 10.2 Å². The molecule has 0 bridgehead atoms. The van der Waals surface area contributed by atoms with E-state index in [0.29, 0.717) is 6.42 Å². The van der Waals surface area contributed by atoms with Gasteiger partial charge < -0.3 is 4.90 Å². The number of anilines is 1. The molecule has 0 unspecified atom stereocenters. The lowest BCUT2D eigenvalue weighted by Crippen LogP contribution is -2.31. The van der Waals surface area contributed by atoms with Gasteiger partial charge in [0.15, 0.2) is 0 Å². The zero-order valence-electron chi connectivity index (χ0n) is 13.9. The van der Waals surface area contributed by atoms with Gasteiger partial charge in [-0.1, -0.05) is 30.3 Å². The Kier molecular flexibility index (Phi) is 5.43. The van der Waals surface area contributed by atoms with E-state index in [4.69, 9.17) is 10.8 Å². The number of benzene rings is 1. The van der Waals surface area contributed by atoms with Crippen LogP contribution in [0, 0.1) is 0 Å². The number of hydrogen-bond acceptors (Lipinski definition) is 4. The molecule has 3 N–H and O–H groups in total. The van der Waals surface area contributed by atoms with Crippen LogP contribution in [0.15, 0.2) is 42.5 Å². The SMILES string of the molecule is NNC(=O)Cc1ccc(CCc2cccc(N3CCCC3)n2)cc1. The monoisotopic (exact) mass is 324 g/mol. The topological polar surface area (TPSA) is 71.2 Å². The summed E-state index contributed by atoms with van der Waals surface area (Å²) in [5.41, 5.74) is 5.50. The van der Waals surface area contributed by atoms with Crippen LogP contribution in [0.4, 0.5) is 5.82 Å². The highest BCUT2D eigenvalue weighted by Gasteiger charge is 2.13. The number of carbonyl (C=O) groups is 1. The first kappa shape index (κ1) is 16.5. The van der Waals surface area contributed by atoms with Crippen molar-refractivity contribution in [2.24, 2.45) is 5.84 Å². The molecule has 1 aliphatic heterocycles. The molecule has 1 fully saturated rings. The molecule has 5 heteroatoms. The van der Waals surface area contributed by atoms with Crippen molar-refractivity contribution in [1.82, 2.24) is 10.4 Å². The minimum absolute atomic E-state index is 0.175. The highest BCUT2D eigenvalue weighted by molar-refractivity contribution is 5.77. The Hall–Kier alpha value is -2.40. The molecule has 1 amide bonds. The van der Waals surface area contributed by atoms with Gasteiger partial charge >= 0.3 is 0 Å². The summed E-state index contributed by atoms with van der Waals surface area (Å²) in [6.07, 6.45) is 4.71. The number of carbonyl (C=O) groups excluding carboxylic acids is 1. The lowest BCUT2D eigenvalue weighted by molar-refractivity contribution is -0.120. The van der Waals surface area contributed by atoms with Crippen molar-refractivity contribution in [3.63, 3.8) is 0 Å². The number of amides is 1. The Morgan fingerprint density at radius 3 is 2.46 bits per heavy atom. The van der Waals surface area contributed by atoms with Crippen LogP contribution >= 0.6 is 0 Å². The zero-order chi connectivity index (χ0) is 16.8. The van der Waals surface area contributed by atoms with E-state index in [-0.39, 0.29) is 5.91 Å². The van der Waals surface area contributed by atoms with Crippen LogP contribution < -0.4 is 16.2 Å². The molecule has 24 heavy (non-hydrogen) atoms. The highest BCUT2D eigenvalue weighted by atomic mass is 16.2. The molecule has 1 aliphatic rings. The van der Waals surface area contributed by atoms with Crippen LogP contribution in [0.5, 0.6) is 0 Å². The van der Waals surface area contributed by atoms with Crippen molar-refractivity contribution in [2.45, 2.75) is 32.1 Å². The maximum atomic E-state index is 11.3. The molecule has 1 saturated heterocycles.